The summed E-state index contributed by atoms with van der Waals surface area (Å²) in [5.74, 6) is 0.450. The van der Waals surface area contributed by atoms with Crippen LogP contribution in [0, 0.1) is 0 Å². The predicted molar refractivity (Wildman–Crippen MR) is 57.8 cm³/mol. The summed E-state index contributed by atoms with van der Waals surface area (Å²) in [4.78, 5) is 0. The quantitative estimate of drug-likeness (QED) is 0.817. The van der Waals surface area contributed by atoms with E-state index in [1.165, 1.54) is 0 Å². The van der Waals surface area contributed by atoms with Crippen molar-refractivity contribution in [1.82, 2.24) is 15.1 Å². The molecular formula is C10H16ClN3. The number of hydrogen-bond acceptors (Lipinski definition) is 2. The SMILES string of the molecule is CC(C)c1cnn(C2CCNC2)c1Cl. The Morgan fingerprint density at radius 2 is 2.43 bits per heavy atom. The van der Waals surface area contributed by atoms with Gasteiger partial charge in [0.2, 0.25) is 0 Å². The third-order valence-electron chi connectivity index (χ3n) is 2.76. The van der Waals surface area contributed by atoms with Gasteiger partial charge in [-0.05, 0) is 18.9 Å². The molecule has 0 bridgehead atoms. The van der Waals surface area contributed by atoms with E-state index in [0.29, 0.717) is 12.0 Å². The maximum atomic E-state index is 6.27. The minimum absolute atomic E-state index is 0.440. The highest BCUT2D eigenvalue weighted by atomic mass is 35.5. The first kappa shape index (κ1) is 9.99. The van der Waals surface area contributed by atoms with Crippen LogP contribution in [0.4, 0.5) is 0 Å². The number of halogens is 1. The zero-order chi connectivity index (χ0) is 10.1. The van der Waals surface area contributed by atoms with Crippen LogP contribution in [0.1, 0.15) is 37.8 Å². The summed E-state index contributed by atoms with van der Waals surface area (Å²) >= 11 is 6.27. The molecule has 1 saturated heterocycles. The highest BCUT2D eigenvalue weighted by Gasteiger charge is 2.21. The second kappa shape index (κ2) is 3.91. The molecule has 2 heterocycles. The normalized spacial score (nSPS) is 22.1. The van der Waals surface area contributed by atoms with Crippen LogP contribution < -0.4 is 5.32 Å². The fourth-order valence-electron chi connectivity index (χ4n) is 1.85. The van der Waals surface area contributed by atoms with Crippen LogP contribution in [0.25, 0.3) is 0 Å². The monoisotopic (exact) mass is 213 g/mol. The molecule has 1 atom stereocenters. The molecule has 78 valence electrons. The number of rotatable bonds is 2. The van der Waals surface area contributed by atoms with Crippen molar-refractivity contribution in [2.24, 2.45) is 0 Å². The number of nitrogens with one attached hydrogen (secondary N) is 1. The molecule has 1 aromatic heterocycles. The van der Waals surface area contributed by atoms with Gasteiger partial charge in [-0.1, -0.05) is 25.4 Å². The van der Waals surface area contributed by atoms with Crippen molar-refractivity contribution in [3.05, 3.63) is 16.9 Å². The van der Waals surface area contributed by atoms with E-state index in [2.05, 4.69) is 24.3 Å². The van der Waals surface area contributed by atoms with E-state index in [-0.39, 0.29) is 0 Å². The maximum absolute atomic E-state index is 6.27. The third kappa shape index (κ3) is 1.66. The van der Waals surface area contributed by atoms with Gasteiger partial charge in [-0.3, -0.25) is 0 Å². The molecule has 0 aliphatic carbocycles. The largest absolute Gasteiger partial charge is 0.315 e. The summed E-state index contributed by atoms with van der Waals surface area (Å²) < 4.78 is 1.96. The maximum Gasteiger partial charge on any atom is 0.130 e. The Balaban J connectivity index is 2.26. The molecule has 0 radical (unpaired) electrons. The average molecular weight is 214 g/mol. The zero-order valence-electron chi connectivity index (χ0n) is 8.63. The fraction of sp³-hybridized carbons (Fsp3) is 0.700. The van der Waals surface area contributed by atoms with Gasteiger partial charge in [0.05, 0.1) is 12.2 Å². The number of hydrogen-bond donors (Lipinski definition) is 1. The van der Waals surface area contributed by atoms with Crippen LogP contribution in [0.2, 0.25) is 5.15 Å². The van der Waals surface area contributed by atoms with E-state index in [4.69, 9.17) is 11.6 Å². The molecule has 1 aromatic rings. The predicted octanol–water partition coefficient (Wildman–Crippen LogP) is 2.19. The second-order valence-electron chi connectivity index (χ2n) is 4.14. The molecule has 14 heavy (non-hydrogen) atoms. The summed E-state index contributed by atoms with van der Waals surface area (Å²) in [6.45, 7) is 6.33. The molecule has 1 N–H and O–H groups in total. The van der Waals surface area contributed by atoms with Crippen LogP contribution in [0.5, 0.6) is 0 Å². The zero-order valence-corrected chi connectivity index (χ0v) is 9.38. The Morgan fingerprint density at radius 1 is 1.64 bits per heavy atom. The van der Waals surface area contributed by atoms with Crippen LogP contribution in [0.3, 0.4) is 0 Å². The van der Waals surface area contributed by atoms with Gasteiger partial charge >= 0.3 is 0 Å². The standard InChI is InChI=1S/C10H16ClN3/c1-7(2)9-6-13-14(10(9)11)8-3-4-12-5-8/h6-8,12H,3-5H2,1-2H3. The fourth-order valence-corrected chi connectivity index (χ4v) is 2.30. The molecule has 4 heteroatoms. The lowest BCUT2D eigenvalue weighted by Crippen LogP contribution is -2.14. The Morgan fingerprint density at radius 3 is 2.93 bits per heavy atom. The smallest absolute Gasteiger partial charge is 0.130 e. The molecule has 1 unspecified atom stereocenters. The van der Waals surface area contributed by atoms with Crippen LogP contribution in [-0.2, 0) is 0 Å². The molecule has 1 aliphatic heterocycles. The first-order valence-electron chi connectivity index (χ1n) is 5.13. The van der Waals surface area contributed by atoms with E-state index in [1.54, 1.807) is 0 Å². The summed E-state index contributed by atoms with van der Waals surface area (Å²) in [5, 5.41) is 8.49. The van der Waals surface area contributed by atoms with E-state index in [1.807, 2.05) is 10.9 Å². The third-order valence-corrected chi connectivity index (χ3v) is 3.15. The van der Waals surface area contributed by atoms with Crippen molar-refractivity contribution in [2.75, 3.05) is 13.1 Å². The lowest BCUT2D eigenvalue weighted by atomic mass is 10.1. The van der Waals surface area contributed by atoms with Gasteiger partial charge < -0.3 is 5.32 Å². The molecule has 1 fully saturated rings. The van der Waals surface area contributed by atoms with Gasteiger partial charge in [-0.2, -0.15) is 5.10 Å². The molecular weight excluding hydrogens is 198 g/mol. The van der Waals surface area contributed by atoms with Gasteiger partial charge in [0.25, 0.3) is 0 Å². The lowest BCUT2D eigenvalue weighted by Gasteiger charge is -2.11. The Kier molecular flexibility index (Phi) is 2.79. The van der Waals surface area contributed by atoms with Crippen LogP contribution in [0.15, 0.2) is 6.20 Å². The average Bonchev–Trinajstić information content (AvgIpc) is 2.71. The summed E-state index contributed by atoms with van der Waals surface area (Å²) in [7, 11) is 0. The van der Waals surface area contributed by atoms with E-state index >= 15 is 0 Å². The topological polar surface area (TPSA) is 29.9 Å². The van der Waals surface area contributed by atoms with Crippen molar-refractivity contribution in [3.63, 3.8) is 0 Å². The summed E-state index contributed by atoms with van der Waals surface area (Å²) in [5.41, 5.74) is 1.15. The van der Waals surface area contributed by atoms with Crippen molar-refractivity contribution < 1.29 is 0 Å². The number of aromatic nitrogens is 2. The molecule has 3 nitrogen and oxygen atoms in total. The molecule has 1 aliphatic rings. The van der Waals surface area contributed by atoms with E-state index in [9.17, 15) is 0 Å². The summed E-state index contributed by atoms with van der Waals surface area (Å²) in [6, 6.07) is 0.440. The highest BCUT2D eigenvalue weighted by Crippen LogP contribution is 2.27. The summed E-state index contributed by atoms with van der Waals surface area (Å²) in [6.07, 6.45) is 3.02. The Hall–Kier alpha value is -0.540. The van der Waals surface area contributed by atoms with Crippen molar-refractivity contribution in [1.29, 1.82) is 0 Å². The minimum atomic E-state index is 0.440. The van der Waals surface area contributed by atoms with Gasteiger partial charge in [0, 0.05) is 12.1 Å². The van der Waals surface area contributed by atoms with Crippen LogP contribution >= 0.6 is 11.6 Å². The first-order chi connectivity index (χ1) is 6.70. The number of nitrogens with zero attached hydrogens (tertiary/aromatic N) is 2. The van der Waals surface area contributed by atoms with Crippen molar-refractivity contribution >= 4 is 11.6 Å². The Labute approximate surface area is 89.4 Å². The van der Waals surface area contributed by atoms with Gasteiger partial charge in [-0.15, -0.1) is 0 Å². The highest BCUT2D eigenvalue weighted by molar-refractivity contribution is 6.30. The van der Waals surface area contributed by atoms with Gasteiger partial charge in [0.1, 0.15) is 5.15 Å². The molecule has 2 rings (SSSR count). The molecule has 0 amide bonds. The Bertz CT molecular complexity index is 313. The second-order valence-corrected chi connectivity index (χ2v) is 4.49. The molecule has 0 spiro atoms. The van der Waals surface area contributed by atoms with Crippen LogP contribution in [-0.4, -0.2) is 22.9 Å². The minimum Gasteiger partial charge on any atom is -0.315 e. The molecule has 0 aromatic carbocycles. The van der Waals surface area contributed by atoms with E-state index < -0.39 is 0 Å². The molecule has 0 saturated carbocycles. The first-order valence-corrected chi connectivity index (χ1v) is 5.51. The van der Waals surface area contributed by atoms with E-state index in [0.717, 1.165) is 30.2 Å². The van der Waals surface area contributed by atoms with Gasteiger partial charge in [0.15, 0.2) is 0 Å². The van der Waals surface area contributed by atoms with Crippen molar-refractivity contribution in [3.8, 4) is 0 Å². The van der Waals surface area contributed by atoms with Crippen molar-refractivity contribution in [2.45, 2.75) is 32.2 Å². The lowest BCUT2D eigenvalue weighted by molar-refractivity contribution is 0.491. The van der Waals surface area contributed by atoms with Gasteiger partial charge in [-0.25, -0.2) is 4.68 Å².